The summed E-state index contributed by atoms with van der Waals surface area (Å²) in [7, 11) is 0. The van der Waals surface area contributed by atoms with Crippen molar-refractivity contribution in [2.24, 2.45) is 23.7 Å². The highest BCUT2D eigenvalue weighted by Gasteiger charge is 2.23. The third-order valence-corrected chi connectivity index (χ3v) is 7.66. The molecule has 0 radical (unpaired) electrons. The van der Waals surface area contributed by atoms with Crippen LogP contribution >= 0.6 is 0 Å². The molecule has 4 aromatic rings. The van der Waals surface area contributed by atoms with Crippen molar-refractivity contribution in [3.05, 3.63) is 72.6 Å². The number of H-pyrrole nitrogens is 2. The summed E-state index contributed by atoms with van der Waals surface area (Å²) in [5.41, 5.74) is 6.12. The molecule has 2 aromatic heterocycles. The maximum Gasteiger partial charge on any atom is 0.220 e. The highest BCUT2D eigenvalue weighted by molar-refractivity contribution is 5.77. The van der Waals surface area contributed by atoms with Crippen molar-refractivity contribution >= 4 is 11.8 Å². The Morgan fingerprint density at radius 2 is 0.886 bits per heavy atom. The predicted molar refractivity (Wildman–Crippen MR) is 177 cm³/mol. The fourth-order valence-electron chi connectivity index (χ4n) is 5.28. The molecule has 0 saturated heterocycles. The summed E-state index contributed by atoms with van der Waals surface area (Å²) in [5.74, 6) is 2.65. The number of nitrogens with one attached hydrogen (secondary N) is 4. The Kier molecular flexibility index (Phi) is 10.8. The number of imidazole rings is 2. The number of hydrogen-bond acceptors (Lipinski definition) is 4. The summed E-state index contributed by atoms with van der Waals surface area (Å²) in [6.45, 7) is 16.5. The lowest BCUT2D eigenvalue weighted by Gasteiger charge is -2.21. The Balaban J connectivity index is 1.44. The molecule has 8 heteroatoms. The van der Waals surface area contributed by atoms with Gasteiger partial charge in [0.15, 0.2) is 0 Å². The molecule has 4 rings (SSSR count). The molecule has 4 N–H and O–H groups in total. The Hall–Kier alpha value is -4.20. The van der Waals surface area contributed by atoms with Gasteiger partial charge in [0.1, 0.15) is 11.6 Å². The molecular formula is C36H48N6O2. The minimum atomic E-state index is -0.168. The average molecular weight is 597 g/mol. The number of rotatable bonds is 13. The van der Waals surface area contributed by atoms with Crippen molar-refractivity contribution < 1.29 is 9.59 Å². The van der Waals surface area contributed by atoms with E-state index in [1.807, 2.05) is 40.1 Å². The Morgan fingerprint density at radius 1 is 0.568 bits per heavy atom. The van der Waals surface area contributed by atoms with Crippen LogP contribution in [0.4, 0.5) is 0 Å². The van der Waals surface area contributed by atoms with Gasteiger partial charge in [-0.1, -0.05) is 104 Å². The van der Waals surface area contributed by atoms with Crippen LogP contribution in [0.5, 0.6) is 0 Å². The minimum Gasteiger partial charge on any atom is -0.346 e. The van der Waals surface area contributed by atoms with Crippen molar-refractivity contribution in [1.29, 1.82) is 0 Å². The van der Waals surface area contributed by atoms with Crippen LogP contribution < -0.4 is 10.6 Å². The average Bonchev–Trinajstić information content (AvgIpc) is 3.65. The van der Waals surface area contributed by atoms with E-state index in [0.717, 1.165) is 45.3 Å². The summed E-state index contributed by atoms with van der Waals surface area (Å²) < 4.78 is 0. The van der Waals surface area contributed by atoms with Crippen molar-refractivity contribution in [3.63, 3.8) is 0 Å². The third-order valence-electron chi connectivity index (χ3n) is 7.66. The fraction of sp³-hybridized carbons (Fsp3) is 0.444. The standard InChI is InChI=1S/C36H48N6O2/c1-21(2)17-31(43)41-33(23(5)6)35-37-19-29(39-35)27-13-9-25(10-14-27)26-11-15-28(16-12-26)30-20-38-36(40-30)34(24(7)8)42-32(44)18-22(3)4/h9-16,19-24,33-34H,17-18H2,1-8H3,(H,37,39)(H,38,40)(H,41,43)(H,42,44). The van der Waals surface area contributed by atoms with Crippen LogP contribution in [0.1, 0.15) is 92.0 Å². The maximum absolute atomic E-state index is 12.4. The first-order valence-corrected chi connectivity index (χ1v) is 15.8. The zero-order valence-corrected chi connectivity index (χ0v) is 27.4. The number of carbonyl (C=O) groups excluding carboxylic acids is 2. The van der Waals surface area contributed by atoms with Gasteiger partial charge in [0.25, 0.3) is 0 Å². The van der Waals surface area contributed by atoms with E-state index in [4.69, 9.17) is 0 Å². The normalized spacial score (nSPS) is 13.1. The van der Waals surface area contributed by atoms with Gasteiger partial charge in [-0.2, -0.15) is 0 Å². The zero-order chi connectivity index (χ0) is 32.0. The zero-order valence-electron chi connectivity index (χ0n) is 27.4. The summed E-state index contributed by atoms with van der Waals surface area (Å²) in [4.78, 5) is 41.0. The Labute approximate surface area is 261 Å². The van der Waals surface area contributed by atoms with Gasteiger partial charge in [0.05, 0.1) is 35.9 Å². The van der Waals surface area contributed by atoms with E-state index in [1.165, 1.54) is 0 Å². The van der Waals surface area contributed by atoms with Crippen LogP contribution in [-0.2, 0) is 9.59 Å². The number of carbonyl (C=O) groups is 2. The van der Waals surface area contributed by atoms with Gasteiger partial charge in [0.2, 0.25) is 11.8 Å². The lowest BCUT2D eigenvalue weighted by Crippen LogP contribution is -2.33. The van der Waals surface area contributed by atoms with E-state index >= 15 is 0 Å². The Bertz CT molecular complexity index is 1400. The van der Waals surface area contributed by atoms with Crippen LogP contribution in [0.25, 0.3) is 33.6 Å². The second-order valence-electron chi connectivity index (χ2n) is 13.3. The second-order valence-corrected chi connectivity index (χ2v) is 13.3. The quantitative estimate of drug-likeness (QED) is 0.126. The maximum atomic E-state index is 12.4. The first kappa shape index (κ1) is 32.7. The van der Waals surface area contributed by atoms with E-state index < -0.39 is 0 Å². The SMILES string of the molecule is CC(C)CC(=O)NC(c1ncc(-c2ccc(-c3ccc(-c4cnc(C(NC(=O)CC(C)C)C(C)C)[nH]4)cc3)cc2)[nH]1)C(C)C. The summed E-state index contributed by atoms with van der Waals surface area (Å²) in [6, 6.07) is 16.4. The molecule has 2 amide bonds. The smallest absolute Gasteiger partial charge is 0.220 e. The van der Waals surface area contributed by atoms with Gasteiger partial charge >= 0.3 is 0 Å². The molecule has 2 atom stereocenters. The molecule has 0 fully saturated rings. The van der Waals surface area contributed by atoms with Gasteiger partial charge in [-0.15, -0.1) is 0 Å². The number of nitrogens with zero attached hydrogens (tertiary/aromatic N) is 2. The van der Waals surface area contributed by atoms with E-state index in [0.29, 0.717) is 24.7 Å². The summed E-state index contributed by atoms with van der Waals surface area (Å²) in [5, 5.41) is 6.29. The lowest BCUT2D eigenvalue weighted by molar-refractivity contribution is -0.123. The first-order chi connectivity index (χ1) is 20.9. The van der Waals surface area contributed by atoms with Crippen molar-refractivity contribution in [2.45, 2.75) is 80.3 Å². The number of aromatic amines is 2. The van der Waals surface area contributed by atoms with Gasteiger partial charge in [-0.25, -0.2) is 9.97 Å². The van der Waals surface area contributed by atoms with Crippen molar-refractivity contribution in [3.8, 4) is 33.6 Å². The number of benzene rings is 2. The van der Waals surface area contributed by atoms with Gasteiger partial charge in [-0.3, -0.25) is 9.59 Å². The minimum absolute atomic E-state index is 0.0466. The van der Waals surface area contributed by atoms with Crippen LogP contribution in [0.2, 0.25) is 0 Å². The lowest BCUT2D eigenvalue weighted by atomic mass is 10.0. The summed E-state index contributed by atoms with van der Waals surface area (Å²) in [6.07, 6.45) is 4.67. The number of amides is 2. The molecule has 0 bridgehead atoms. The van der Waals surface area contributed by atoms with Crippen molar-refractivity contribution in [2.75, 3.05) is 0 Å². The molecule has 2 unspecified atom stereocenters. The highest BCUT2D eigenvalue weighted by Crippen LogP contribution is 2.29. The fourth-order valence-corrected chi connectivity index (χ4v) is 5.28. The van der Waals surface area contributed by atoms with Gasteiger partial charge in [0, 0.05) is 12.8 Å². The monoisotopic (exact) mass is 596 g/mol. The van der Waals surface area contributed by atoms with E-state index in [9.17, 15) is 9.59 Å². The molecule has 0 spiro atoms. The molecule has 0 aliphatic carbocycles. The number of aromatic nitrogens is 4. The van der Waals surface area contributed by atoms with Crippen LogP contribution in [0.15, 0.2) is 60.9 Å². The topological polar surface area (TPSA) is 116 Å². The molecule has 0 saturated carbocycles. The third kappa shape index (κ3) is 8.46. The highest BCUT2D eigenvalue weighted by atomic mass is 16.2. The van der Waals surface area contributed by atoms with Crippen molar-refractivity contribution in [1.82, 2.24) is 30.6 Å². The second kappa shape index (κ2) is 14.5. The summed E-state index contributed by atoms with van der Waals surface area (Å²) >= 11 is 0. The van der Waals surface area contributed by atoms with Crippen LogP contribution in [-0.4, -0.2) is 31.8 Å². The van der Waals surface area contributed by atoms with E-state index in [1.54, 1.807) is 0 Å². The van der Waals surface area contributed by atoms with E-state index in [-0.39, 0.29) is 35.7 Å². The van der Waals surface area contributed by atoms with Gasteiger partial charge in [-0.05, 0) is 45.9 Å². The molecule has 0 aliphatic rings. The first-order valence-electron chi connectivity index (χ1n) is 15.8. The molecule has 2 heterocycles. The Morgan fingerprint density at radius 3 is 1.18 bits per heavy atom. The molecule has 2 aromatic carbocycles. The molecule has 8 nitrogen and oxygen atoms in total. The van der Waals surface area contributed by atoms with Gasteiger partial charge < -0.3 is 20.6 Å². The van der Waals surface area contributed by atoms with E-state index in [2.05, 4.69) is 107 Å². The molecule has 44 heavy (non-hydrogen) atoms. The predicted octanol–water partition coefficient (Wildman–Crippen LogP) is 7.85. The van der Waals surface area contributed by atoms with Crippen LogP contribution in [0.3, 0.4) is 0 Å². The molecular weight excluding hydrogens is 548 g/mol. The largest absolute Gasteiger partial charge is 0.346 e. The van der Waals surface area contributed by atoms with Crippen LogP contribution in [0, 0.1) is 23.7 Å². The molecule has 0 aliphatic heterocycles. The number of hydrogen-bond donors (Lipinski definition) is 4. The molecule has 234 valence electrons.